The molecule has 0 radical (unpaired) electrons. The molecule has 1 fully saturated rings. The zero-order valence-corrected chi connectivity index (χ0v) is 15.1. The van der Waals surface area contributed by atoms with Crippen LogP contribution < -0.4 is 5.32 Å². The number of benzene rings is 1. The maximum atomic E-state index is 12.7. The first-order valence-corrected chi connectivity index (χ1v) is 9.20. The monoisotopic (exact) mass is 359 g/mol. The number of urea groups is 1. The largest absolute Gasteiger partial charge is 0.461 e. The van der Waals surface area contributed by atoms with E-state index >= 15 is 0 Å². The minimum Gasteiger partial charge on any atom is -0.461 e. The van der Waals surface area contributed by atoms with Gasteiger partial charge in [0.1, 0.15) is 5.01 Å². The van der Waals surface area contributed by atoms with Gasteiger partial charge in [-0.2, -0.15) is 0 Å². The van der Waals surface area contributed by atoms with Crippen molar-refractivity contribution in [1.82, 2.24) is 9.88 Å². The lowest BCUT2D eigenvalue weighted by molar-refractivity contribution is 0.0520. The lowest BCUT2D eigenvalue weighted by Crippen LogP contribution is -2.36. The normalized spacial score (nSPS) is 13.4. The van der Waals surface area contributed by atoms with Crippen molar-refractivity contribution in [1.29, 1.82) is 0 Å². The molecular weight excluding hydrogens is 338 g/mol. The number of anilines is 1. The van der Waals surface area contributed by atoms with Gasteiger partial charge in [0, 0.05) is 17.1 Å². The molecule has 6 nitrogen and oxygen atoms in total. The summed E-state index contributed by atoms with van der Waals surface area (Å²) in [6, 6.07) is 7.81. The number of hydrogen-bond donors (Lipinski definition) is 1. The van der Waals surface area contributed by atoms with Gasteiger partial charge in [-0.25, -0.2) is 14.6 Å². The third-order valence-corrected chi connectivity index (χ3v) is 4.69. The van der Waals surface area contributed by atoms with E-state index in [0.717, 1.165) is 29.1 Å². The minimum atomic E-state index is -0.424. The maximum Gasteiger partial charge on any atom is 0.357 e. The lowest BCUT2D eigenvalue weighted by atomic mass is 10.2. The third-order valence-electron chi connectivity index (χ3n) is 3.86. The zero-order valence-electron chi connectivity index (χ0n) is 14.3. The summed E-state index contributed by atoms with van der Waals surface area (Å²) >= 11 is 1.37. The van der Waals surface area contributed by atoms with Gasteiger partial charge >= 0.3 is 12.0 Å². The second-order valence-corrected chi connectivity index (χ2v) is 6.95. The van der Waals surface area contributed by atoms with Crippen LogP contribution in [0.25, 0.3) is 0 Å². The summed E-state index contributed by atoms with van der Waals surface area (Å²) < 4.78 is 4.96. The minimum absolute atomic E-state index is 0.138. The Morgan fingerprint density at radius 2 is 2.20 bits per heavy atom. The molecule has 3 rings (SSSR count). The molecule has 1 heterocycles. The van der Waals surface area contributed by atoms with Gasteiger partial charge in [0.05, 0.1) is 13.2 Å². The molecule has 1 aliphatic carbocycles. The number of carbonyl (C=O) groups excluding carboxylic acids is 2. The molecule has 25 heavy (non-hydrogen) atoms. The molecule has 0 bridgehead atoms. The summed E-state index contributed by atoms with van der Waals surface area (Å²) in [5.41, 5.74) is 2.17. The molecule has 2 amide bonds. The molecule has 1 N–H and O–H groups in total. The molecular formula is C18H21N3O3S. The van der Waals surface area contributed by atoms with Crippen molar-refractivity contribution in [3.05, 3.63) is 45.9 Å². The van der Waals surface area contributed by atoms with Crippen LogP contribution in [0.5, 0.6) is 0 Å². The summed E-state index contributed by atoms with van der Waals surface area (Å²) in [5.74, 6) is -0.424. The summed E-state index contributed by atoms with van der Waals surface area (Å²) in [6.45, 7) is 4.46. The molecule has 2 aromatic rings. The Morgan fingerprint density at radius 3 is 2.88 bits per heavy atom. The van der Waals surface area contributed by atoms with Gasteiger partial charge in [-0.3, -0.25) is 0 Å². The van der Waals surface area contributed by atoms with E-state index in [1.807, 2.05) is 31.2 Å². The Bertz CT molecular complexity index is 770. The number of ether oxygens (including phenoxy) is 1. The molecule has 1 saturated carbocycles. The Hall–Kier alpha value is -2.41. The van der Waals surface area contributed by atoms with Crippen molar-refractivity contribution in [3.63, 3.8) is 0 Å². The average Bonchev–Trinajstić information content (AvgIpc) is 3.30. The Balaban J connectivity index is 1.67. The summed E-state index contributed by atoms with van der Waals surface area (Å²) in [5, 5.41) is 5.35. The zero-order chi connectivity index (χ0) is 17.8. The number of nitrogens with zero attached hydrogens (tertiary/aromatic N) is 2. The average molecular weight is 359 g/mol. The molecule has 0 unspecified atom stereocenters. The number of thiazole rings is 1. The van der Waals surface area contributed by atoms with E-state index in [1.165, 1.54) is 11.3 Å². The van der Waals surface area contributed by atoms with Gasteiger partial charge in [0.2, 0.25) is 0 Å². The molecule has 0 spiro atoms. The molecule has 1 aromatic carbocycles. The Kier molecular flexibility index (Phi) is 5.33. The van der Waals surface area contributed by atoms with E-state index in [2.05, 4.69) is 10.3 Å². The van der Waals surface area contributed by atoms with Crippen molar-refractivity contribution >= 4 is 29.0 Å². The first kappa shape index (κ1) is 17.4. The SMILES string of the molecule is CCOC(=O)c1csc(CN(C(=O)Nc2cccc(C)c2)C2CC2)n1. The summed E-state index contributed by atoms with van der Waals surface area (Å²) in [7, 11) is 0. The first-order valence-electron chi connectivity index (χ1n) is 8.32. The van der Waals surface area contributed by atoms with Crippen LogP contribution in [-0.4, -0.2) is 34.5 Å². The van der Waals surface area contributed by atoms with Crippen molar-refractivity contribution in [3.8, 4) is 0 Å². The standard InChI is InChI=1S/C18H21N3O3S/c1-3-24-17(22)15-11-25-16(20-15)10-21(14-7-8-14)18(23)19-13-6-4-5-12(2)9-13/h4-6,9,11,14H,3,7-8,10H2,1-2H3,(H,19,23). The molecule has 0 aliphatic heterocycles. The van der Waals surface area contributed by atoms with E-state index in [0.29, 0.717) is 18.8 Å². The van der Waals surface area contributed by atoms with E-state index < -0.39 is 5.97 Å². The molecule has 132 valence electrons. The van der Waals surface area contributed by atoms with Crippen LogP contribution in [0.1, 0.15) is 40.8 Å². The van der Waals surface area contributed by atoms with Crippen molar-refractivity contribution in [2.45, 2.75) is 39.3 Å². The number of nitrogens with one attached hydrogen (secondary N) is 1. The number of aryl methyl sites for hydroxylation is 1. The fourth-order valence-electron chi connectivity index (χ4n) is 2.50. The van der Waals surface area contributed by atoms with Gasteiger partial charge in [0.25, 0.3) is 0 Å². The van der Waals surface area contributed by atoms with Gasteiger partial charge in [-0.1, -0.05) is 12.1 Å². The van der Waals surface area contributed by atoms with E-state index in [4.69, 9.17) is 4.74 Å². The van der Waals surface area contributed by atoms with Crippen LogP contribution in [-0.2, 0) is 11.3 Å². The number of carbonyl (C=O) groups is 2. The lowest BCUT2D eigenvalue weighted by Gasteiger charge is -2.22. The number of rotatable bonds is 6. The van der Waals surface area contributed by atoms with Crippen LogP contribution in [0.3, 0.4) is 0 Å². The van der Waals surface area contributed by atoms with E-state index in [9.17, 15) is 9.59 Å². The van der Waals surface area contributed by atoms with Gasteiger partial charge in [0.15, 0.2) is 5.69 Å². The summed E-state index contributed by atoms with van der Waals surface area (Å²) in [6.07, 6.45) is 1.99. The molecule has 0 atom stereocenters. The third kappa shape index (κ3) is 4.57. The highest BCUT2D eigenvalue weighted by molar-refractivity contribution is 7.09. The van der Waals surface area contributed by atoms with Crippen LogP contribution in [0.2, 0.25) is 0 Å². The molecule has 0 saturated heterocycles. The second-order valence-electron chi connectivity index (χ2n) is 6.01. The van der Waals surface area contributed by atoms with Crippen LogP contribution in [0.15, 0.2) is 29.6 Å². The topological polar surface area (TPSA) is 71.5 Å². The molecule has 1 aliphatic rings. The maximum absolute atomic E-state index is 12.7. The van der Waals surface area contributed by atoms with Crippen molar-refractivity contribution < 1.29 is 14.3 Å². The number of esters is 1. The van der Waals surface area contributed by atoms with Crippen LogP contribution in [0, 0.1) is 6.92 Å². The van der Waals surface area contributed by atoms with Crippen LogP contribution >= 0.6 is 11.3 Å². The first-order chi connectivity index (χ1) is 12.1. The van der Waals surface area contributed by atoms with Gasteiger partial charge in [-0.05, 0) is 44.4 Å². The number of aromatic nitrogens is 1. The number of amides is 2. The quantitative estimate of drug-likeness (QED) is 0.796. The highest BCUT2D eigenvalue weighted by atomic mass is 32.1. The highest BCUT2D eigenvalue weighted by Gasteiger charge is 2.33. The van der Waals surface area contributed by atoms with E-state index in [-0.39, 0.29) is 12.1 Å². The highest BCUT2D eigenvalue weighted by Crippen LogP contribution is 2.29. The van der Waals surface area contributed by atoms with E-state index in [1.54, 1.807) is 17.2 Å². The smallest absolute Gasteiger partial charge is 0.357 e. The molecule has 1 aromatic heterocycles. The summed E-state index contributed by atoms with van der Waals surface area (Å²) in [4.78, 5) is 30.5. The van der Waals surface area contributed by atoms with Crippen LogP contribution in [0.4, 0.5) is 10.5 Å². The van der Waals surface area contributed by atoms with Crippen molar-refractivity contribution in [2.24, 2.45) is 0 Å². The van der Waals surface area contributed by atoms with Crippen molar-refractivity contribution in [2.75, 3.05) is 11.9 Å². The predicted octanol–water partition coefficient (Wildman–Crippen LogP) is 3.82. The van der Waals surface area contributed by atoms with Gasteiger partial charge < -0.3 is 15.0 Å². The fraction of sp³-hybridized carbons (Fsp3) is 0.389. The Labute approximate surface area is 150 Å². The fourth-order valence-corrected chi connectivity index (χ4v) is 3.26. The van der Waals surface area contributed by atoms with Gasteiger partial charge in [-0.15, -0.1) is 11.3 Å². The Morgan fingerprint density at radius 1 is 1.40 bits per heavy atom. The molecule has 7 heteroatoms. The number of hydrogen-bond acceptors (Lipinski definition) is 5. The second kappa shape index (κ2) is 7.65. The predicted molar refractivity (Wildman–Crippen MR) is 96.8 cm³/mol.